The average molecular weight is 389 g/mol. The van der Waals surface area contributed by atoms with E-state index in [0.29, 0.717) is 13.0 Å². The Morgan fingerprint density at radius 2 is 1.48 bits per heavy atom. The molecule has 0 saturated carbocycles. The number of carbonyl (C=O) groups is 2. The number of hydrogen-bond acceptors (Lipinski definition) is 4. The minimum Gasteiger partial charge on any atom is -0.354 e. The summed E-state index contributed by atoms with van der Waals surface area (Å²) in [6.45, 7) is -0.109. The topological polar surface area (TPSA) is 95.6 Å². The molecule has 0 aromatic heterocycles. The molecule has 2 aromatic rings. The van der Waals surface area contributed by atoms with Crippen LogP contribution in [0.25, 0.3) is 0 Å². The first-order valence-electron chi connectivity index (χ1n) is 8.48. The van der Waals surface area contributed by atoms with Gasteiger partial charge in [-0.1, -0.05) is 48.5 Å². The molecule has 7 nitrogen and oxygen atoms in total. The van der Waals surface area contributed by atoms with Gasteiger partial charge in [0, 0.05) is 13.6 Å². The Balaban J connectivity index is 1.73. The van der Waals surface area contributed by atoms with Gasteiger partial charge in [0.05, 0.1) is 18.0 Å². The Hall–Kier alpha value is -2.71. The molecule has 0 spiro atoms. The standard InChI is InChI=1S/C19H23N3O4S/c1-22(27(25,26)17-10-6-3-7-11-17)15-19(24)21-14-18(23)20-13-12-16-8-4-2-5-9-16/h2-11H,12-15H2,1H3,(H,20,23)(H,21,24). The summed E-state index contributed by atoms with van der Waals surface area (Å²) in [7, 11) is -2.42. The van der Waals surface area contributed by atoms with E-state index in [1.165, 1.54) is 19.2 Å². The van der Waals surface area contributed by atoms with Gasteiger partial charge in [-0.05, 0) is 24.1 Å². The van der Waals surface area contributed by atoms with Gasteiger partial charge in [-0.15, -0.1) is 0 Å². The molecule has 0 atom stereocenters. The van der Waals surface area contributed by atoms with Crippen molar-refractivity contribution in [2.45, 2.75) is 11.3 Å². The Labute approximate surface area is 159 Å². The second-order valence-corrected chi connectivity index (χ2v) is 7.98. The van der Waals surface area contributed by atoms with Crippen LogP contribution in [0.5, 0.6) is 0 Å². The molecule has 0 aliphatic heterocycles. The van der Waals surface area contributed by atoms with Crippen LogP contribution in [0.4, 0.5) is 0 Å². The van der Waals surface area contributed by atoms with Gasteiger partial charge in [-0.2, -0.15) is 4.31 Å². The van der Waals surface area contributed by atoms with Gasteiger partial charge in [0.25, 0.3) is 0 Å². The quantitative estimate of drug-likeness (QED) is 0.663. The number of hydrogen-bond donors (Lipinski definition) is 2. The van der Waals surface area contributed by atoms with Crippen molar-refractivity contribution >= 4 is 21.8 Å². The van der Waals surface area contributed by atoms with Crippen molar-refractivity contribution < 1.29 is 18.0 Å². The molecule has 0 aliphatic rings. The fourth-order valence-electron chi connectivity index (χ4n) is 2.35. The lowest BCUT2D eigenvalue weighted by Crippen LogP contribution is -2.42. The molecule has 144 valence electrons. The fraction of sp³-hybridized carbons (Fsp3) is 0.263. The molecule has 2 amide bonds. The Morgan fingerprint density at radius 3 is 2.11 bits per heavy atom. The molecule has 0 radical (unpaired) electrons. The number of carbonyl (C=O) groups excluding carboxylic acids is 2. The lowest BCUT2D eigenvalue weighted by atomic mass is 10.1. The summed E-state index contributed by atoms with van der Waals surface area (Å²) >= 11 is 0. The summed E-state index contributed by atoms with van der Waals surface area (Å²) in [4.78, 5) is 23.8. The van der Waals surface area contributed by atoms with E-state index in [1.807, 2.05) is 30.3 Å². The van der Waals surface area contributed by atoms with Crippen LogP contribution < -0.4 is 10.6 Å². The van der Waals surface area contributed by atoms with Crippen molar-refractivity contribution in [1.29, 1.82) is 0 Å². The number of sulfonamides is 1. The van der Waals surface area contributed by atoms with E-state index in [2.05, 4.69) is 10.6 Å². The highest BCUT2D eigenvalue weighted by Crippen LogP contribution is 2.12. The normalized spacial score (nSPS) is 11.2. The van der Waals surface area contributed by atoms with E-state index in [1.54, 1.807) is 18.2 Å². The number of likely N-dealkylation sites (N-methyl/N-ethyl adjacent to an activating group) is 1. The van der Waals surface area contributed by atoms with Crippen molar-refractivity contribution in [3.63, 3.8) is 0 Å². The first-order valence-corrected chi connectivity index (χ1v) is 9.92. The Kier molecular flexibility index (Phi) is 7.51. The van der Waals surface area contributed by atoms with Crippen molar-refractivity contribution in [1.82, 2.24) is 14.9 Å². The van der Waals surface area contributed by atoms with Gasteiger partial charge in [0.1, 0.15) is 0 Å². The van der Waals surface area contributed by atoms with Crippen LogP contribution in [0.2, 0.25) is 0 Å². The van der Waals surface area contributed by atoms with Gasteiger partial charge in [0.2, 0.25) is 21.8 Å². The van der Waals surface area contributed by atoms with E-state index >= 15 is 0 Å². The van der Waals surface area contributed by atoms with Gasteiger partial charge in [-0.25, -0.2) is 8.42 Å². The second kappa shape index (κ2) is 9.84. The van der Waals surface area contributed by atoms with Crippen LogP contribution in [-0.2, 0) is 26.0 Å². The first-order chi connectivity index (χ1) is 12.9. The maximum atomic E-state index is 12.3. The van der Waals surface area contributed by atoms with Crippen LogP contribution in [0.1, 0.15) is 5.56 Å². The molecule has 2 N–H and O–H groups in total. The van der Waals surface area contributed by atoms with Crippen molar-refractivity contribution in [2.24, 2.45) is 0 Å². The summed E-state index contributed by atoms with van der Waals surface area (Å²) < 4.78 is 25.6. The molecule has 8 heteroatoms. The Bertz CT molecular complexity index is 855. The minimum absolute atomic E-state index is 0.110. The lowest BCUT2D eigenvalue weighted by Gasteiger charge is -2.16. The molecule has 27 heavy (non-hydrogen) atoms. The number of rotatable bonds is 9. The van der Waals surface area contributed by atoms with Crippen LogP contribution in [-0.4, -0.2) is 51.2 Å². The summed E-state index contributed by atoms with van der Waals surface area (Å²) in [6.07, 6.45) is 0.693. The van der Waals surface area contributed by atoms with Crippen LogP contribution in [0.3, 0.4) is 0 Å². The predicted molar refractivity (Wildman–Crippen MR) is 102 cm³/mol. The molecule has 0 bridgehead atoms. The summed E-state index contributed by atoms with van der Waals surface area (Å²) in [5.41, 5.74) is 1.11. The van der Waals surface area contributed by atoms with E-state index in [9.17, 15) is 18.0 Å². The monoisotopic (exact) mass is 389 g/mol. The third kappa shape index (κ3) is 6.50. The Morgan fingerprint density at radius 1 is 0.889 bits per heavy atom. The number of nitrogens with zero attached hydrogens (tertiary/aromatic N) is 1. The summed E-state index contributed by atoms with van der Waals surface area (Å²) in [5.74, 6) is -0.872. The van der Waals surface area contributed by atoms with Crippen LogP contribution in [0.15, 0.2) is 65.6 Å². The lowest BCUT2D eigenvalue weighted by molar-refractivity contribution is -0.126. The first kappa shape index (κ1) is 20.6. The maximum absolute atomic E-state index is 12.3. The molecular weight excluding hydrogens is 366 g/mol. The van der Waals surface area contributed by atoms with Crippen LogP contribution in [0, 0.1) is 0 Å². The van der Waals surface area contributed by atoms with Gasteiger partial charge < -0.3 is 10.6 Å². The molecule has 2 rings (SSSR count). The molecule has 0 saturated heterocycles. The second-order valence-electron chi connectivity index (χ2n) is 5.94. The summed E-state index contributed by atoms with van der Waals surface area (Å²) in [6, 6.07) is 17.6. The largest absolute Gasteiger partial charge is 0.354 e. The van der Waals surface area contributed by atoms with Gasteiger partial charge in [-0.3, -0.25) is 9.59 Å². The highest BCUT2D eigenvalue weighted by molar-refractivity contribution is 7.89. The number of nitrogens with one attached hydrogen (secondary N) is 2. The zero-order valence-corrected chi connectivity index (χ0v) is 15.9. The molecule has 0 aliphatic carbocycles. The van der Waals surface area contributed by atoms with Gasteiger partial charge >= 0.3 is 0 Å². The van der Waals surface area contributed by atoms with E-state index in [4.69, 9.17) is 0 Å². The third-order valence-corrected chi connectivity index (χ3v) is 5.66. The average Bonchev–Trinajstić information content (AvgIpc) is 2.68. The molecule has 0 fully saturated rings. The number of amides is 2. The highest BCUT2D eigenvalue weighted by Gasteiger charge is 2.22. The van der Waals surface area contributed by atoms with E-state index in [0.717, 1.165) is 9.87 Å². The van der Waals surface area contributed by atoms with Crippen LogP contribution >= 0.6 is 0 Å². The molecule has 0 heterocycles. The molecule has 2 aromatic carbocycles. The maximum Gasteiger partial charge on any atom is 0.243 e. The third-order valence-electron chi connectivity index (χ3n) is 3.84. The predicted octanol–water partition coefficient (Wildman–Crippen LogP) is 0.782. The van der Waals surface area contributed by atoms with Crippen molar-refractivity contribution in [3.05, 3.63) is 66.2 Å². The summed E-state index contributed by atoms with van der Waals surface area (Å²) in [5, 5.41) is 5.14. The van der Waals surface area contributed by atoms with E-state index in [-0.39, 0.29) is 23.9 Å². The fourth-order valence-corrected chi connectivity index (χ4v) is 3.50. The van der Waals surface area contributed by atoms with Crippen molar-refractivity contribution in [3.8, 4) is 0 Å². The van der Waals surface area contributed by atoms with Crippen molar-refractivity contribution in [2.75, 3.05) is 26.7 Å². The van der Waals surface area contributed by atoms with E-state index < -0.39 is 15.9 Å². The van der Waals surface area contributed by atoms with Gasteiger partial charge in [0.15, 0.2) is 0 Å². The minimum atomic E-state index is -3.75. The highest BCUT2D eigenvalue weighted by atomic mass is 32.2. The molecule has 0 unspecified atom stereocenters. The SMILES string of the molecule is CN(CC(=O)NCC(=O)NCCc1ccccc1)S(=O)(=O)c1ccccc1. The zero-order valence-electron chi connectivity index (χ0n) is 15.1. The molecular formula is C19H23N3O4S. The smallest absolute Gasteiger partial charge is 0.243 e. The number of benzene rings is 2. The zero-order chi connectivity index (χ0) is 19.7.